The minimum atomic E-state index is -3.92. The Labute approximate surface area is 181 Å². The zero-order valence-corrected chi connectivity index (χ0v) is 18.4. The Morgan fingerprint density at radius 2 is 1.80 bits per heavy atom. The molecule has 0 saturated carbocycles. The standard InChI is InChI=1S/C20H23N3O5S2/c1-4-13(2)28-17-7-5-6-15(12-17)19(25)22-20(29)21-16-8-10-18(11-9-16)30(26,27)23-14(3)24/h5-13H,4H2,1-3H3,(H,23,24)(H2,21,22,25,29). The number of anilines is 1. The van der Waals surface area contributed by atoms with Crippen LogP contribution in [-0.4, -0.2) is 31.4 Å². The Bertz CT molecular complexity index is 1040. The number of ether oxygens (including phenoxy) is 1. The fourth-order valence-electron chi connectivity index (χ4n) is 2.33. The number of sulfonamides is 1. The summed E-state index contributed by atoms with van der Waals surface area (Å²) in [5, 5.41) is 5.41. The Morgan fingerprint density at radius 1 is 1.13 bits per heavy atom. The lowest BCUT2D eigenvalue weighted by Crippen LogP contribution is -2.34. The van der Waals surface area contributed by atoms with Crippen molar-refractivity contribution in [1.82, 2.24) is 10.0 Å². The van der Waals surface area contributed by atoms with E-state index in [4.69, 9.17) is 17.0 Å². The highest BCUT2D eigenvalue weighted by Crippen LogP contribution is 2.16. The molecule has 160 valence electrons. The largest absolute Gasteiger partial charge is 0.491 e. The molecule has 0 heterocycles. The van der Waals surface area contributed by atoms with Crippen LogP contribution in [0, 0.1) is 0 Å². The Balaban J connectivity index is 1.99. The second-order valence-electron chi connectivity index (χ2n) is 6.46. The van der Waals surface area contributed by atoms with Gasteiger partial charge < -0.3 is 10.1 Å². The summed E-state index contributed by atoms with van der Waals surface area (Å²) >= 11 is 5.15. The fourth-order valence-corrected chi connectivity index (χ4v) is 3.53. The molecule has 0 saturated heterocycles. The molecule has 2 aromatic rings. The van der Waals surface area contributed by atoms with Gasteiger partial charge in [-0.05, 0) is 68.0 Å². The van der Waals surface area contributed by atoms with Crippen LogP contribution in [0.2, 0.25) is 0 Å². The molecule has 2 rings (SSSR count). The first-order valence-corrected chi connectivity index (χ1v) is 11.0. The number of carbonyl (C=O) groups is 2. The first-order valence-electron chi connectivity index (χ1n) is 9.13. The molecule has 30 heavy (non-hydrogen) atoms. The molecule has 3 N–H and O–H groups in total. The average molecular weight is 450 g/mol. The molecule has 0 fully saturated rings. The van der Waals surface area contributed by atoms with E-state index in [1.807, 2.05) is 18.6 Å². The van der Waals surface area contributed by atoms with E-state index in [1.165, 1.54) is 24.3 Å². The number of benzene rings is 2. The van der Waals surface area contributed by atoms with Crippen LogP contribution in [-0.2, 0) is 14.8 Å². The van der Waals surface area contributed by atoms with Crippen LogP contribution in [0.3, 0.4) is 0 Å². The van der Waals surface area contributed by atoms with Crippen LogP contribution in [0.15, 0.2) is 53.4 Å². The van der Waals surface area contributed by atoms with Gasteiger partial charge in [-0.25, -0.2) is 13.1 Å². The Morgan fingerprint density at radius 3 is 2.40 bits per heavy atom. The van der Waals surface area contributed by atoms with Gasteiger partial charge >= 0.3 is 0 Å². The third-order valence-corrected chi connectivity index (χ3v) is 5.59. The summed E-state index contributed by atoms with van der Waals surface area (Å²) in [6.45, 7) is 5.06. The number of hydrogen-bond donors (Lipinski definition) is 3. The topological polar surface area (TPSA) is 114 Å². The summed E-state index contributed by atoms with van der Waals surface area (Å²) in [5.74, 6) is -0.501. The van der Waals surface area contributed by atoms with Crippen LogP contribution in [0.5, 0.6) is 5.75 Å². The maximum Gasteiger partial charge on any atom is 0.264 e. The van der Waals surface area contributed by atoms with E-state index in [-0.39, 0.29) is 16.1 Å². The van der Waals surface area contributed by atoms with Crippen molar-refractivity contribution in [1.29, 1.82) is 0 Å². The van der Waals surface area contributed by atoms with Crippen LogP contribution < -0.4 is 20.1 Å². The summed E-state index contributed by atoms with van der Waals surface area (Å²) in [6, 6.07) is 12.3. The van der Waals surface area contributed by atoms with E-state index in [1.54, 1.807) is 24.3 Å². The summed E-state index contributed by atoms with van der Waals surface area (Å²) in [6.07, 6.45) is 0.874. The van der Waals surface area contributed by atoms with Crippen molar-refractivity contribution in [2.75, 3.05) is 5.32 Å². The number of rotatable bonds is 7. The summed E-state index contributed by atoms with van der Waals surface area (Å²) in [7, 11) is -3.92. The zero-order chi connectivity index (χ0) is 22.3. The molecule has 2 amide bonds. The number of nitrogens with one attached hydrogen (secondary N) is 3. The van der Waals surface area contributed by atoms with Crippen LogP contribution in [0.25, 0.3) is 0 Å². The second kappa shape index (κ2) is 10.2. The van der Waals surface area contributed by atoms with Gasteiger partial charge in [-0.3, -0.25) is 14.9 Å². The SMILES string of the molecule is CCC(C)Oc1cccc(C(=O)NC(=S)Nc2ccc(S(=O)(=O)NC(C)=O)cc2)c1. The second-order valence-corrected chi connectivity index (χ2v) is 8.55. The molecular weight excluding hydrogens is 426 g/mol. The van der Waals surface area contributed by atoms with Gasteiger partial charge in [0.2, 0.25) is 5.91 Å². The molecule has 2 aromatic carbocycles. The molecule has 0 aliphatic rings. The predicted octanol–water partition coefficient (Wildman–Crippen LogP) is 2.82. The van der Waals surface area contributed by atoms with Crippen LogP contribution in [0.4, 0.5) is 5.69 Å². The molecule has 0 radical (unpaired) electrons. The van der Waals surface area contributed by atoms with Crippen molar-refractivity contribution in [3.05, 3.63) is 54.1 Å². The fraction of sp³-hybridized carbons (Fsp3) is 0.250. The quantitative estimate of drug-likeness (QED) is 0.557. The van der Waals surface area contributed by atoms with E-state index >= 15 is 0 Å². The van der Waals surface area contributed by atoms with Gasteiger partial charge in [-0.1, -0.05) is 13.0 Å². The Hall–Kier alpha value is -2.98. The van der Waals surface area contributed by atoms with Crippen LogP contribution >= 0.6 is 12.2 Å². The maximum absolute atomic E-state index is 12.4. The number of hydrogen-bond acceptors (Lipinski definition) is 6. The summed E-state index contributed by atoms with van der Waals surface area (Å²) in [4.78, 5) is 23.3. The van der Waals surface area contributed by atoms with Crippen molar-refractivity contribution in [3.63, 3.8) is 0 Å². The maximum atomic E-state index is 12.4. The van der Waals surface area contributed by atoms with E-state index in [0.29, 0.717) is 17.0 Å². The zero-order valence-electron chi connectivity index (χ0n) is 16.8. The van der Waals surface area contributed by atoms with Gasteiger partial charge in [-0.2, -0.15) is 0 Å². The molecule has 8 nitrogen and oxygen atoms in total. The highest BCUT2D eigenvalue weighted by Gasteiger charge is 2.15. The molecule has 0 bridgehead atoms. The van der Waals surface area contributed by atoms with Crippen molar-refractivity contribution in [2.45, 2.75) is 38.2 Å². The Kier molecular flexibility index (Phi) is 7.90. The van der Waals surface area contributed by atoms with Gasteiger partial charge in [0.25, 0.3) is 15.9 Å². The number of amides is 2. The normalized spacial score (nSPS) is 11.8. The van der Waals surface area contributed by atoms with Crippen molar-refractivity contribution in [3.8, 4) is 5.75 Å². The van der Waals surface area contributed by atoms with Gasteiger partial charge in [0.05, 0.1) is 11.0 Å². The van der Waals surface area contributed by atoms with E-state index in [2.05, 4.69) is 10.6 Å². The smallest absolute Gasteiger partial charge is 0.264 e. The molecule has 0 aliphatic carbocycles. The molecule has 0 aliphatic heterocycles. The van der Waals surface area contributed by atoms with E-state index in [9.17, 15) is 18.0 Å². The molecule has 1 atom stereocenters. The molecule has 0 aromatic heterocycles. The third-order valence-electron chi connectivity index (χ3n) is 3.94. The summed E-state index contributed by atoms with van der Waals surface area (Å²) < 4.78 is 31.5. The van der Waals surface area contributed by atoms with Gasteiger partial charge in [0.1, 0.15) is 5.75 Å². The number of thiocarbonyl (C=S) groups is 1. The highest BCUT2D eigenvalue weighted by atomic mass is 32.2. The lowest BCUT2D eigenvalue weighted by molar-refractivity contribution is -0.117. The van der Waals surface area contributed by atoms with E-state index in [0.717, 1.165) is 13.3 Å². The van der Waals surface area contributed by atoms with E-state index < -0.39 is 21.8 Å². The highest BCUT2D eigenvalue weighted by molar-refractivity contribution is 7.90. The third kappa shape index (κ3) is 6.82. The van der Waals surface area contributed by atoms with Crippen molar-refractivity contribution < 1.29 is 22.7 Å². The van der Waals surface area contributed by atoms with Gasteiger partial charge in [0.15, 0.2) is 5.11 Å². The first kappa shape index (κ1) is 23.3. The average Bonchev–Trinajstić information content (AvgIpc) is 2.67. The minimum Gasteiger partial charge on any atom is -0.491 e. The van der Waals surface area contributed by atoms with Crippen molar-refractivity contribution in [2.24, 2.45) is 0 Å². The molecule has 1 unspecified atom stereocenters. The van der Waals surface area contributed by atoms with Crippen LogP contribution in [0.1, 0.15) is 37.6 Å². The van der Waals surface area contributed by atoms with Gasteiger partial charge in [0, 0.05) is 18.2 Å². The predicted molar refractivity (Wildman–Crippen MR) is 118 cm³/mol. The lowest BCUT2D eigenvalue weighted by Gasteiger charge is -2.14. The monoisotopic (exact) mass is 449 g/mol. The molecule has 0 spiro atoms. The number of carbonyl (C=O) groups excluding carboxylic acids is 2. The lowest BCUT2D eigenvalue weighted by atomic mass is 10.2. The molecule has 10 heteroatoms. The summed E-state index contributed by atoms with van der Waals surface area (Å²) in [5.41, 5.74) is 0.854. The molecular formula is C20H23N3O5S2. The van der Waals surface area contributed by atoms with Gasteiger partial charge in [-0.15, -0.1) is 0 Å². The van der Waals surface area contributed by atoms with Crippen molar-refractivity contribution >= 4 is 44.9 Å². The first-order chi connectivity index (χ1) is 14.1. The minimum absolute atomic E-state index is 0.0310.